The van der Waals surface area contributed by atoms with Crippen LogP contribution >= 0.6 is 11.3 Å². The smallest absolute Gasteiger partial charge is 0.0346 e. The maximum atomic E-state index is 5.54. The van der Waals surface area contributed by atoms with E-state index in [-0.39, 0.29) is 0 Å². The van der Waals surface area contributed by atoms with Crippen LogP contribution < -0.4 is 5.73 Å². The molecule has 2 N–H and O–H groups in total. The van der Waals surface area contributed by atoms with Crippen molar-refractivity contribution in [3.8, 4) is 10.4 Å². The second-order valence-electron chi connectivity index (χ2n) is 2.76. The van der Waals surface area contributed by atoms with Gasteiger partial charge in [-0.2, -0.15) is 0 Å². The fraction of sp³-hybridized carbons (Fsp3) is 0.0909. The molecule has 0 aliphatic rings. The molecule has 1 aromatic carbocycles. The first kappa shape index (κ1) is 8.48. The van der Waals surface area contributed by atoms with E-state index in [4.69, 9.17) is 5.73 Å². The molecule has 0 amide bonds. The fourth-order valence-corrected chi connectivity index (χ4v) is 2.07. The van der Waals surface area contributed by atoms with Gasteiger partial charge in [-0.3, -0.25) is 0 Å². The molecule has 0 fully saturated rings. The Hall–Kier alpha value is -1.12. The minimum atomic E-state index is 0.626. The van der Waals surface area contributed by atoms with Crippen LogP contribution in [-0.2, 0) is 6.54 Å². The third-order valence-corrected chi connectivity index (χ3v) is 3.01. The van der Waals surface area contributed by atoms with E-state index in [1.54, 1.807) is 11.3 Å². The van der Waals surface area contributed by atoms with Gasteiger partial charge < -0.3 is 5.73 Å². The molecule has 0 saturated heterocycles. The molecule has 2 rings (SSSR count). The molecule has 0 atom stereocenters. The minimum absolute atomic E-state index is 0.626. The van der Waals surface area contributed by atoms with Crippen molar-refractivity contribution in [2.24, 2.45) is 5.73 Å². The van der Waals surface area contributed by atoms with Gasteiger partial charge in [0.05, 0.1) is 0 Å². The summed E-state index contributed by atoms with van der Waals surface area (Å²) in [5, 5.41) is 0. The molecule has 1 nitrogen and oxygen atoms in total. The Bertz CT molecular complexity index is 378. The summed E-state index contributed by atoms with van der Waals surface area (Å²) in [6, 6.07) is 15.2. The molecule has 0 unspecified atom stereocenters. The molecule has 1 heterocycles. The molecular weight excluding hydrogens is 178 g/mol. The van der Waals surface area contributed by atoms with Crippen molar-refractivity contribution in [2.75, 3.05) is 0 Å². The third-order valence-electron chi connectivity index (χ3n) is 1.85. The Morgan fingerprint density at radius 3 is 2.85 bits per heavy atom. The van der Waals surface area contributed by atoms with Gasteiger partial charge in [0.1, 0.15) is 0 Å². The molecule has 0 bridgehead atoms. The molecule has 1 radical (unpaired) electrons. The van der Waals surface area contributed by atoms with Crippen molar-refractivity contribution in [1.29, 1.82) is 0 Å². The van der Waals surface area contributed by atoms with Gasteiger partial charge in [0.2, 0.25) is 0 Å². The van der Waals surface area contributed by atoms with Crippen LogP contribution in [0.3, 0.4) is 0 Å². The van der Waals surface area contributed by atoms with Gasteiger partial charge in [-0.05, 0) is 29.8 Å². The predicted octanol–water partition coefficient (Wildman–Crippen LogP) is 2.67. The summed E-state index contributed by atoms with van der Waals surface area (Å²) < 4.78 is 0. The van der Waals surface area contributed by atoms with Gasteiger partial charge in [0, 0.05) is 16.3 Å². The topological polar surface area (TPSA) is 26.0 Å². The summed E-state index contributed by atoms with van der Waals surface area (Å²) in [6.07, 6.45) is 0. The first-order chi connectivity index (χ1) is 6.40. The SMILES string of the molecule is NCc1ccc(-c2c[c]ccc2)s1. The number of rotatable bonds is 2. The summed E-state index contributed by atoms with van der Waals surface area (Å²) in [5.41, 5.74) is 6.76. The fourth-order valence-electron chi connectivity index (χ4n) is 1.19. The Morgan fingerprint density at radius 1 is 1.31 bits per heavy atom. The minimum Gasteiger partial charge on any atom is -0.326 e. The summed E-state index contributed by atoms with van der Waals surface area (Å²) in [4.78, 5) is 2.48. The number of benzene rings is 1. The van der Waals surface area contributed by atoms with Crippen molar-refractivity contribution in [2.45, 2.75) is 6.54 Å². The summed E-state index contributed by atoms with van der Waals surface area (Å²) >= 11 is 1.74. The third kappa shape index (κ3) is 1.79. The van der Waals surface area contributed by atoms with Crippen LogP contribution in [0, 0.1) is 6.07 Å². The summed E-state index contributed by atoms with van der Waals surface area (Å²) in [6.45, 7) is 0.626. The lowest BCUT2D eigenvalue weighted by Crippen LogP contribution is -1.90. The van der Waals surface area contributed by atoms with E-state index in [0.29, 0.717) is 6.54 Å². The highest BCUT2D eigenvalue weighted by atomic mass is 32.1. The van der Waals surface area contributed by atoms with Gasteiger partial charge >= 0.3 is 0 Å². The van der Waals surface area contributed by atoms with Crippen molar-refractivity contribution in [3.05, 3.63) is 47.3 Å². The first-order valence-electron chi connectivity index (χ1n) is 4.15. The molecule has 1 aromatic heterocycles. The monoisotopic (exact) mass is 188 g/mol. The second kappa shape index (κ2) is 3.73. The lowest BCUT2D eigenvalue weighted by molar-refractivity contribution is 1.11. The normalized spacial score (nSPS) is 10.2. The van der Waals surface area contributed by atoms with Crippen molar-refractivity contribution in [1.82, 2.24) is 0 Å². The molecule has 0 spiro atoms. The Kier molecular flexibility index (Phi) is 2.43. The van der Waals surface area contributed by atoms with Crippen LogP contribution in [0.15, 0.2) is 36.4 Å². The number of hydrogen-bond donors (Lipinski definition) is 1. The quantitative estimate of drug-likeness (QED) is 0.770. The lowest BCUT2D eigenvalue weighted by atomic mass is 10.2. The van der Waals surface area contributed by atoms with Gasteiger partial charge in [0.25, 0.3) is 0 Å². The molecule has 2 heteroatoms. The van der Waals surface area contributed by atoms with Crippen LogP contribution in [0.4, 0.5) is 0 Å². The van der Waals surface area contributed by atoms with E-state index >= 15 is 0 Å². The Balaban J connectivity index is 2.36. The number of hydrogen-bond acceptors (Lipinski definition) is 2. The van der Waals surface area contributed by atoms with E-state index in [1.165, 1.54) is 15.3 Å². The maximum absolute atomic E-state index is 5.54. The molecular formula is C11H10NS. The van der Waals surface area contributed by atoms with Crippen molar-refractivity contribution >= 4 is 11.3 Å². The molecule has 0 aliphatic heterocycles. The highest BCUT2D eigenvalue weighted by molar-refractivity contribution is 7.15. The van der Waals surface area contributed by atoms with Crippen LogP contribution in [-0.4, -0.2) is 0 Å². The number of thiophene rings is 1. The van der Waals surface area contributed by atoms with Crippen LogP contribution in [0.25, 0.3) is 10.4 Å². The Morgan fingerprint density at radius 2 is 2.23 bits per heavy atom. The van der Waals surface area contributed by atoms with E-state index in [2.05, 4.69) is 24.3 Å². The highest BCUT2D eigenvalue weighted by Crippen LogP contribution is 2.27. The van der Waals surface area contributed by atoms with Gasteiger partial charge in [0.15, 0.2) is 0 Å². The zero-order valence-corrected chi connectivity index (χ0v) is 7.97. The van der Waals surface area contributed by atoms with Gasteiger partial charge in [-0.15, -0.1) is 11.3 Å². The molecule has 2 aromatic rings. The second-order valence-corrected chi connectivity index (χ2v) is 3.93. The van der Waals surface area contributed by atoms with Gasteiger partial charge in [-0.1, -0.05) is 18.2 Å². The highest BCUT2D eigenvalue weighted by Gasteiger charge is 1.99. The van der Waals surface area contributed by atoms with Crippen molar-refractivity contribution in [3.63, 3.8) is 0 Å². The van der Waals surface area contributed by atoms with E-state index < -0.39 is 0 Å². The largest absolute Gasteiger partial charge is 0.326 e. The van der Waals surface area contributed by atoms with E-state index in [9.17, 15) is 0 Å². The molecule has 0 aliphatic carbocycles. The summed E-state index contributed by atoms with van der Waals surface area (Å²) in [7, 11) is 0. The average Bonchev–Trinajstić information content (AvgIpc) is 2.67. The lowest BCUT2D eigenvalue weighted by Gasteiger charge is -1.94. The van der Waals surface area contributed by atoms with Gasteiger partial charge in [-0.25, -0.2) is 0 Å². The zero-order chi connectivity index (χ0) is 9.10. The zero-order valence-electron chi connectivity index (χ0n) is 7.16. The first-order valence-corrected chi connectivity index (χ1v) is 4.97. The standard InChI is InChI=1S/C11H10NS/c12-8-10-6-7-11(13-10)9-4-2-1-3-5-9/h1-2,4-7H,8,12H2. The molecule has 13 heavy (non-hydrogen) atoms. The van der Waals surface area contributed by atoms with E-state index in [1.807, 2.05) is 18.2 Å². The van der Waals surface area contributed by atoms with Crippen molar-refractivity contribution < 1.29 is 0 Å². The predicted molar refractivity (Wildman–Crippen MR) is 56.5 cm³/mol. The molecule has 65 valence electrons. The summed E-state index contributed by atoms with van der Waals surface area (Å²) in [5.74, 6) is 0. The Labute approximate surface area is 81.8 Å². The average molecular weight is 188 g/mol. The number of nitrogens with two attached hydrogens (primary N) is 1. The van der Waals surface area contributed by atoms with E-state index in [0.717, 1.165) is 0 Å². The van der Waals surface area contributed by atoms with Crippen LogP contribution in [0.1, 0.15) is 4.88 Å². The van der Waals surface area contributed by atoms with Crippen LogP contribution in [0.5, 0.6) is 0 Å². The van der Waals surface area contributed by atoms with Crippen LogP contribution in [0.2, 0.25) is 0 Å². The maximum Gasteiger partial charge on any atom is 0.0346 e. The molecule has 0 saturated carbocycles.